The molecule has 140 valence electrons. The lowest BCUT2D eigenvalue weighted by atomic mass is 9.94. The molecular formula is C18H32Cl2N2O2. The van der Waals surface area contributed by atoms with Crippen molar-refractivity contribution in [1.29, 1.82) is 0 Å². The first-order valence-corrected chi connectivity index (χ1v) is 8.41. The van der Waals surface area contributed by atoms with Gasteiger partial charge in [0.1, 0.15) is 0 Å². The minimum atomic E-state index is 0. The third-order valence-electron chi connectivity index (χ3n) is 4.16. The molecule has 0 aliphatic carbocycles. The summed E-state index contributed by atoms with van der Waals surface area (Å²) in [5, 5.41) is 3.44. The Labute approximate surface area is 159 Å². The summed E-state index contributed by atoms with van der Waals surface area (Å²) in [4.78, 5) is 2.59. The van der Waals surface area contributed by atoms with Gasteiger partial charge in [0.05, 0.1) is 13.7 Å². The monoisotopic (exact) mass is 378 g/mol. The Bertz CT molecular complexity index is 466. The Morgan fingerprint density at radius 3 is 2.33 bits per heavy atom. The summed E-state index contributed by atoms with van der Waals surface area (Å²) in [6.07, 6.45) is 1.16. The fraction of sp³-hybridized carbons (Fsp3) is 0.667. The van der Waals surface area contributed by atoms with Crippen molar-refractivity contribution in [3.63, 3.8) is 0 Å². The molecule has 1 atom stereocenters. The van der Waals surface area contributed by atoms with E-state index in [9.17, 15) is 0 Å². The van der Waals surface area contributed by atoms with Crippen molar-refractivity contribution >= 4 is 24.8 Å². The standard InChI is InChI=1S/C18H30N2O2.2ClH/c1-5-22-18-13-15(6-7-17(18)21-4)16(12-14(2)3)20-10-8-19-9-11-20;;/h6-7,13-14,16,19H,5,8-12H2,1-4H3;2*1H/t16-;;/m1../s1. The van der Waals surface area contributed by atoms with Crippen LogP contribution in [0.15, 0.2) is 18.2 Å². The quantitative estimate of drug-likeness (QED) is 0.778. The molecule has 0 radical (unpaired) electrons. The van der Waals surface area contributed by atoms with E-state index in [1.165, 1.54) is 5.56 Å². The zero-order chi connectivity index (χ0) is 15.9. The molecule has 6 heteroatoms. The van der Waals surface area contributed by atoms with Crippen LogP contribution in [0.3, 0.4) is 0 Å². The fourth-order valence-electron chi connectivity index (χ4n) is 3.11. The van der Waals surface area contributed by atoms with E-state index in [0.717, 1.165) is 44.1 Å². The SMILES string of the molecule is CCOc1cc([C@@H](CC(C)C)N2CCNCC2)ccc1OC.Cl.Cl. The molecule has 0 spiro atoms. The van der Waals surface area contributed by atoms with Gasteiger partial charge in [-0.1, -0.05) is 19.9 Å². The molecule has 1 heterocycles. The Kier molecular flexibility index (Phi) is 11.5. The van der Waals surface area contributed by atoms with Gasteiger partial charge in [0.2, 0.25) is 0 Å². The maximum absolute atomic E-state index is 5.76. The van der Waals surface area contributed by atoms with Crippen LogP contribution >= 0.6 is 24.8 Å². The van der Waals surface area contributed by atoms with E-state index in [1.807, 2.05) is 13.0 Å². The Hall–Kier alpha value is -0.680. The van der Waals surface area contributed by atoms with Crippen molar-refractivity contribution in [2.24, 2.45) is 5.92 Å². The van der Waals surface area contributed by atoms with E-state index in [-0.39, 0.29) is 24.8 Å². The van der Waals surface area contributed by atoms with Gasteiger partial charge in [0, 0.05) is 32.2 Å². The van der Waals surface area contributed by atoms with Gasteiger partial charge in [-0.3, -0.25) is 4.90 Å². The Morgan fingerprint density at radius 2 is 1.79 bits per heavy atom. The second-order valence-electron chi connectivity index (χ2n) is 6.27. The molecule has 1 fully saturated rings. The van der Waals surface area contributed by atoms with Crippen molar-refractivity contribution in [3.05, 3.63) is 23.8 Å². The molecule has 1 aromatic rings. The molecule has 0 amide bonds. The molecule has 24 heavy (non-hydrogen) atoms. The van der Waals surface area contributed by atoms with Crippen molar-refractivity contribution in [1.82, 2.24) is 10.2 Å². The molecule has 0 aromatic heterocycles. The number of nitrogens with one attached hydrogen (secondary N) is 1. The first-order valence-electron chi connectivity index (χ1n) is 8.41. The average molecular weight is 379 g/mol. The zero-order valence-corrected chi connectivity index (χ0v) is 16.8. The van der Waals surface area contributed by atoms with Crippen molar-refractivity contribution in [3.8, 4) is 11.5 Å². The van der Waals surface area contributed by atoms with Crippen LogP contribution in [0.2, 0.25) is 0 Å². The van der Waals surface area contributed by atoms with Crippen LogP contribution in [0.1, 0.15) is 38.8 Å². The molecule has 1 N–H and O–H groups in total. The van der Waals surface area contributed by atoms with Gasteiger partial charge in [-0.2, -0.15) is 0 Å². The molecular weight excluding hydrogens is 347 g/mol. The number of halogens is 2. The number of benzene rings is 1. The van der Waals surface area contributed by atoms with E-state index in [2.05, 4.69) is 36.2 Å². The van der Waals surface area contributed by atoms with Gasteiger partial charge in [-0.25, -0.2) is 0 Å². The summed E-state index contributed by atoms with van der Waals surface area (Å²) in [5.41, 5.74) is 1.33. The summed E-state index contributed by atoms with van der Waals surface area (Å²) in [5.74, 6) is 2.33. The van der Waals surface area contributed by atoms with Crippen molar-refractivity contribution < 1.29 is 9.47 Å². The Balaban J connectivity index is 0.00000264. The van der Waals surface area contributed by atoms with Crippen LogP contribution < -0.4 is 14.8 Å². The van der Waals surface area contributed by atoms with Gasteiger partial charge in [-0.15, -0.1) is 24.8 Å². The summed E-state index contributed by atoms with van der Waals surface area (Å²) in [6, 6.07) is 6.84. The van der Waals surface area contributed by atoms with Crippen molar-refractivity contribution in [2.45, 2.75) is 33.2 Å². The summed E-state index contributed by atoms with van der Waals surface area (Å²) >= 11 is 0. The van der Waals surface area contributed by atoms with Crippen LogP contribution in [0.5, 0.6) is 11.5 Å². The van der Waals surface area contributed by atoms with E-state index >= 15 is 0 Å². The smallest absolute Gasteiger partial charge is 0.161 e. The highest BCUT2D eigenvalue weighted by Gasteiger charge is 2.24. The number of methoxy groups -OCH3 is 1. The number of nitrogens with zero attached hydrogens (tertiary/aromatic N) is 1. The van der Waals surface area contributed by atoms with Crippen LogP contribution in [0.25, 0.3) is 0 Å². The summed E-state index contributed by atoms with van der Waals surface area (Å²) in [7, 11) is 1.69. The molecule has 1 aliphatic heterocycles. The zero-order valence-electron chi connectivity index (χ0n) is 15.2. The highest BCUT2D eigenvalue weighted by molar-refractivity contribution is 5.85. The maximum atomic E-state index is 5.76. The van der Waals surface area contributed by atoms with E-state index in [0.29, 0.717) is 18.6 Å². The van der Waals surface area contributed by atoms with Crippen LogP contribution in [0, 0.1) is 5.92 Å². The number of ether oxygens (including phenoxy) is 2. The van der Waals surface area contributed by atoms with Crippen molar-refractivity contribution in [2.75, 3.05) is 39.9 Å². The highest BCUT2D eigenvalue weighted by Crippen LogP contribution is 2.35. The van der Waals surface area contributed by atoms with Gasteiger partial charge in [-0.05, 0) is 37.0 Å². The lowest BCUT2D eigenvalue weighted by Gasteiger charge is -2.36. The third kappa shape index (κ3) is 6.32. The molecule has 0 bridgehead atoms. The van der Waals surface area contributed by atoms with Crippen LogP contribution in [-0.4, -0.2) is 44.8 Å². The number of piperazine rings is 1. The van der Waals surface area contributed by atoms with Gasteiger partial charge in [0.15, 0.2) is 11.5 Å². The first-order chi connectivity index (χ1) is 10.7. The molecule has 2 rings (SSSR count). The molecule has 0 saturated carbocycles. The molecule has 1 aliphatic rings. The lowest BCUT2D eigenvalue weighted by molar-refractivity contribution is 0.153. The maximum Gasteiger partial charge on any atom is 0.161 e. The fourth-order valence-corrected chi connectivity index (χ4v) is 3.11. The minimum absolute atomic E-state index is 0. The molecule has 1 aromatic carbocycles. The predicted octanol–water partition coefficient (Wildman–Crippen LogP) is 3.93. The molecule has 0 unspecified atom stereocenters. The van der Waals surface area contributed by atoms with Crippen LogP contribution in [0.4, 0.5) is 0 Å². The van der Waals surface area contributed by atoms with Gasteiger partial charge >= 0.3 is 0 Å². The third-order valence-corrected chi connectivity index (χ3v) is 4.16. The lowest BCUT2D eigenvalue weighted by Crippen LogP contribution is -2.45. The summed E-state index contributed by atoms with van der Waals surface area (Å²) < 4.78 is 11.2. The average Bonchev–Trinajstić information content (AvgIpc) is 2.53. The second kappa shape index (κ2) is 11.8. The van der Waals surface area contributed by atoms with Gasteiger partial charge < -0.3 is 14.8 Å². The number of rotatable bonds is 7. The minimum Gasteiger partial charge on any atom is -0.493 e. The molecule has 4 nitrogen and oxygen atoms in total. The van der Waals surface area contributed by atoms with Crippen LogP contribution in [-0.2, 0) is 0 Å². The number of hydrogen-bond donors (Lipinski definition) is 1. The predicted molar refractivity (Wildman–Crippen MR) is 105 cm³/mol. The highest BCUT2D eigenvalue weighted by atomic mass is 35.5. The van der Waals surface area contributed by atoms with E-state index < -0.39 is 0 Å². The first kappa shape index (κ1) is 23.3. The topological polar surface area (TPSA) is 33.7 Å². The largest absolute Gasteiger partial charge is 0.493 e. The Morgan fingerprint density at radius 1 is 1.12 bits per heavy atom. The van der Waals surface area contributed by atoms with E-state index in [4.69, 9.17) is 9.47 Å². The summed E-state index contributed by atoms with van der Waals surface area (Å²) in [6.45, 7) is 11.6. The van der Waals surface area contributed by atoms with E-state index in [1.54, 1.807) is 7.11 Å². The number of hydrogen-bond acceptors (Lipinski definition) is 4. The second-order valence-corrected chi connectivity index (χ2v) is 6.27. The molecule has 1 saturated heterocycles. The van der Waals surface area contributed by atoms with Gasteiger partial charge in [0.25, 0.3) is 0 Å². The normalized spacial score (nSPS) is 16.0.